The zero-order valence-electron chi connectivity index (χ0n) is 16.1. The van der Waals surface area contributed by atoms with E-state index in [1.54, 1.807) is 16.6 Å². The summed E-state index contributed by atoms with van der Waals surface area (Å²) in [7, 11) is 0. The van der Waals surface area contributed by atoms with Gasteiger partial charge in [-0.15, -0.1) is 15.3 Å². The van der Waals surface area contributed by atoms with E-state index in [0.29, 0.717) is 28.9 Å². The topological polar surface area (TPSA) is 84.2 Å². The molecule has 1 amide bonds. The number of aromatic nitrogens is 4. The fourth-order valence-corrected chi connectivity index (χ4v) is 3.03. The number of anilines is 2. The predicted molar refractivity (Wildman–Crippen MR) is 113 cm³/mol. The first-order valence-corrected chi connectivity index (χ1v) is 9.80. The average molecular weight is 443 g/mol. The lowest BCUT2D eigenvalue weighted by Gasteiger charge is -2.07. The highest BCUT2D eigenvalue weighted by Crippen LogP contribution is 2.15. The van der Waals surface area contributed by atoms with Crippen molar-refractivity contribution in [2.75, 3.05) is 10.6 Å². The van der Waals surface area contributed by atoms with Gasteiger partial charge >= 0.3 is 0 Å². The van der Waals surface area contributed by atoms with Crippen LogP contribution in [0.4, 0.5) is 20.3 Å². The zero-order chi connectivity index (χ0) is 21.8. The second-order valence-corrected chi connectivity index (χ2v) is 7.20. The number of nitrogens with one attached hydrogen (secondary N) is 2. The van der Waals surface area contributed by atoms with Gasteiger partial charge in [0.25, 0.3) is 0 Å². The maximum Gasteiger partial charge on any atom is 0.224 e. The minimum Gasteiger partial charge on any atom is -0.365 e. The molecule has 0 saturated heterocycles. The van der Waals surface area contributed by atoms with E-state index >= 15 is 0 Å². The molecule has 2 aromatic carbocycles. The molecule has 0 spiro atoms. The molecule has 0 bridgehead atoms. The van der Waals surface area contributed by atoms with Gasteiger partial charge in [0.15, 0.2) is 23.1 Å². The minimum absolute atomic E-state index is 0.0733. The molecule has 0 aliphatic carbocycles. The summed E-state index contributed by atoms with van der Waals surface area (Å²) >= 11 is 5.90. The van der Waals surface area contributed by atoms with Gasteiger partial charge < -0.3 is 10.6 Å². The Hall–Kier alpha value is -3.59. The molecule has 4 rings (SSSR count). The predicted octanol–water partition coefficient (Wildman–Crippen LogP) is 4.24. The highest BCUT2D eigenvalue weighted by atomic mass is 35.5. The monoisotopic (exact) mass is 442 g/mol. The van der Waals surface area contributed by atoms with Crippen LogP contribution < -0.4 is 10.6 Å². The van der Waals surface area contributed by atoms with E-state index in [-0.39, 0.29) is 24.4 Å². The molecule has 0 unspecified atom stereocenters. The molecule has 0 fully saturated rings. The van der Waals surface area contributed by atoms with Crippen molar-refractivity contribution in [3.8, 4) is 0 Å². The number of aryl methyl sites for hydroxylation is 1. The van der Waals surface area contributed by atoms with Crippen molar-refractivity contribution < 1.29 is 13.6 Å². The number of benzene rings is 2. The third kappa shape index (κ3) is 5.13. The number of carbonyl (C=O) groups is 1. The second kappa shape index (κ2) is 9.05. The van der Waals surface area contributed by atoms with Crippen molar-refractivity contribution in [2.45, 2.75) is 19.4 Å². The molecular formula is C21H17ClF2N6O. The molecule has 7 nitrogen and oxygen atoms in total. The number of nitrogens with zero attached hydrogens (tertiary/aromatic N) is 4. The Balaban J connectivity index is 1.39. The molecule has 10 heteroatoms. The molecule has 2 N–H and O–H groups in total. The summed E-state index contributed by atoms with van der Waals surface area (Å²) in [5, 5.41) is 19.0. The van der Waals surface area contributed by atoms with Gasteiger partial charge in [-0.25, -0.2) is 8.78 Å². The van der Waals surface area contributed by atoms with E-state index in [0.717, 1.165) is 17.7 Å². The third-order valence-electron chi connectivity index (χ3n) is 4.49. The van der Waals surface area contributed by atoms with E-state index in [4.69, 9.17) is 11.6 Å². The van der Waals surface area contributed by atoms with Crippen LogP contribution in [0.15, 0.2) is 54.6 Å². The Labute approximate surface area is 181 Å². The summed E-state index contributed by atoms with van der Waals surface area (Å²) in [6.07, 6.45) is 0.341. The summed E-state index contributed by atoms with van der Waals surface area (Å²) in [5.74, 6) is -1.23. The number of hydrogen-bond donors (Lipinski definition) is 2. The molecule has 2 heterocycles. The van der Waals surface area contributed by atoms with Gasteiger partial charge in [0.1, 0.15) is 5.82 Å². The lowest BCUT2D eigenvalue weighted by Crippen LogP contribution is -2.14. The van der Waals surface area contributed by atoms with Gasteiger partial charge in [-0.2, -0.15) is 4.52 Å². The van der Waals surface area contributed by atoms with Crippen LogP contribution >= 0.6 is 11.6 Å². The molecule has 4 aromatic rings. The second-order valence-electron chi connectivity index (χ2n) is 6.76. The van der Waals surface area contributed by atoms with Crippen molar-refractivity contribution in [3.05, 3.63) is 82.6 Å². The molecule has 0 radical (unpaired) electrons. The van der Waals surface area contributed by atoms with Crippen LogP contribution in [0.1, 0.15) is 17.8 Å². The van der Waals surface area contributed by atoms with E-state index < -0.39 is 11.6 Å². The summed E-state index contributed by atoms with van der Waals surface area (Å²) in [6, 6.07) is 14.2. The molecule has 2 aromatic heterocycles. The zero-order valence-corrected chi connectivity index (χ0v) is 16.9. The number of fused-ring (bicyclic) bond motifs is 1. The average Bonchev–Trinajstić information content (AvgIpc) is 3.17. The number of amides is 1. The van der Waals surface area contributed by atoms with Crippen LogP contribution in [-0.4, -0.2) is 25.7 Å². The van der Waals surface area contributed by atoms with Crippen molar-refractivity contribution in [1.29, 1.82) is 0 Å². The summed E-state index contributed by atoms with van der Waals surface area (Å²) in [5.41, 5.74) is 1.78. The van der Waals surface area contributed by atoms with E-state index in [9.17, 15) is 13.6 Å². The molecule has 0 saturated carbocycles. The first-order valence-electron chi connectivity index (χ1n) is 9.42. The van der Waals surface area contributed by atoms with Gasteiger partial charge in [0.05, 0.1) is 0 Å². The highest BCUT2D eigenvalue weighted by Gasteiger charge is 2.11. The SMILES string of the molecule is O=C(CCc1nnc2ccc(NCc3ccc(Cl)cc3)nn12)Nc1ccc(F)c(F)c1. The quantitative estimate of drug-likeness (QED) is 0.447. The minimum atomic E-state index is -1.02. The highest BCUT2D eigenvalue weighted by molar-refractivity contribution is 6.30. The summed E-state index contributed by atoms with van der Waals surface area (Å²) in [6.45, 7) is 0.559. The Bertz CT molecular complexity index is 1230. The van der Waals surface area contributed by atoms with E-state index in [1.165, 1.54) is 6.07 Å². The maximum absolute atomic E-state index is 13.3. The number of rotatable bonds is 7. The third-order valence-corrected chi connectivity index (χ3v) is 4.75. The Kier molecular flexibility index (Phi) is 6.03. The Morgan fingerprint density at radius 3 is 2.58 bits per heavy atom. The van der Waals surface area contributed by atoms with E-state index in [2.05, 4.69) is 25.9 Å². The van der Waals surface area contributed by atoms with Gasteiger partial charge in [0, 0.05) is 36.2 Å². The molecule has 0 aliphatic rings. The molecule has 0 atom stereocenters. The fraction of sp³-hybridized carbons (Fsp3) is 0.143. The van der Waals surface area contributed by atoms with Gasteiger partial charge in [-0.3, -0.25) is 4.79 Å². The van der Waals surface area contributed by atoms with Crippen LogP contribution in [0.25, 0.3) is 5.65 Å². The van der Waals surface area contributed by atoms with Crippen LogP contribution in [0, 0.1) is 11.6 Å². The molecule has 0 aliphatic heterocycles. The Morgan fingerprint density at radius 2 is 1.81 bits per heavy atom. The maximum atomic E-state index is 13.3. The largest absolute Gasteiger partial charge is 0.365 e. The van der Waals surface area contributed by atoms with Gasteiger partial charge in [0.2, 0.25) is 5.91 Å². The first-order chi connectivity index (χ1) is 15.0. The van der Waals surface area contributed by atoms with Gasteiger partial charge in [-0.1, -0.05) is 23.7 Å². The van der Waals surface area contributed by atoms with Crippen molar-refractivity contribution in [1.82, 2.24) is 19.8 Å². The number of halogens is 3. The summed E-state index contributed by atoms with van der Waals surface area (Å²) < 4.78 is 27.8. The smallest absolute Gasteiger partial charge is 0.224 e. The van der Waals surface area contributed by atoms with Crippen LogP contribution in [0.2, 0.25) is 5.02 Å². The van der Waals surface area contributed by atoms with Crippen molar-refractivity contribution in [2.24, 2.45) is 0 Å². The van der Waals surface area contributed by atoms with Crippen molar-refractivity contribution >= 4 is 34.7 Å². The summed E-state index contributed by atoms with van der Waals surface area (Å²) in [4.78, 5) is 12.2. The fourth-order valence-electron chi connectivity index (χ4n) is 2.90. The van der Waals surface area contributed by atoms with Gasteiger partial charge in [-0.05, 0) is 42.0 Å². The lowest BCUT2D eigenvalue weighted by atomic mass is 10.2. The van der Waals surface area contributed by atoms with Crippen LogP contribution in [-0.2, 0) is 17.8 Å². The normalized spacial score (nSPS) is 10.9. The number of carbonyl (C=O) groups excluding carboxylic acids is 1. The first kappa shape index (κ1) is 20.7. The Morgan fingerprint density at radius 1 is 1.00 bits per heavy atom. The van der Waals surface area contributed by atoms with Crippen molar-refractivity contribution in [3.63, 3.8) is 0 Å². The molecule has 158 valence electrons. The number of hydrogen-bond acceptors (Lipinski definition) is 5. The van der Waals surface area contributed by atoms with Crippen LogP contribution in [0.5, 0.6) is 0 Å². The van der Waals surface area contributed by atoms with Crippen LogP contribution in [0.3, 0.4) is 0 Å². The lowest BCUT2D eigenvalue weighted by molar-refractivity contribution is -0.116. The molecule has 31 heavy (non-hydrogen) atoms. The van der Waals surface area contributed by atoms with E-state index in [1.807, 2.05) is 24.3 Å². The standard InChI is InChI=1S/C21H17ClF2N6O/c22-14-3-1-13(2-4-14)12-25-18-7-8-19-27-28-20(30(19)29-18)9-10-21(31)26-15-5-6-16(23)17(24)11-15/h1-8,11H,9-10,12H2,(H,25,29)(H,26,31). The molecular weight excluding hydrogens is 426 g/mol.